The monoisotopic (exact) mass is 327 g/mol. The topological polar surface area (TPSA) is 70.3 Å². The van der Waals surface area contributed by atoms with Crippen molar-refractivity contribution in [1.29, 1.82) is 5.26 Å². The van der Waals surface area contributed by atoms with Crippen molar-refractivity contribution in [2.24, 2.45) is 0 Å². The molecule has 0 aliphatic heterocycles. The second-order valence-corrected chi connectivity index (χ2v) is 5.31. The molecule has 2 aromatic rings. The first-order valence-electron chi connectivity index (χ1n) is 6.83. The van der Waals surface area contributed by atoms with E-state index in [-0.39, 0.29) is 5.57 Å². The summed E-state index contributed by atoms with van der Waals surface area (Å²) < 4.78 is 5.78. The minimum Gasteiger partial charge on any atom is -0.488 e. The minimum absolute atomic E-state index is 0.337. The molecule has 0 aliphatic carbocycles. The number of benzene rings is 2. The fraction of sp³-hybridized carbons (Fsp3) is 0.111. The zero-order valence-corrected chi connectivity index (χ0v) is 13.2. The van der Waals surface area contributed by atoms with Crippen molar-refractivity contribution in [3.8, 4) is 11.8 Å². The van der Waals surface area contributed by atoms with Gasteiger partial charge in [-0.3, -0.25) is 0 Å². The van der Waals surface area contributed by atoms with E-state index in [4.69, 9.17) is 26.7 Å². The third kappa shape index (κ3) is 4.35. The number of ether oxygens (including phenoxy) is 1. The third-order valence-electron chi connectivity index (χ3n) is 3.27. The number of hydrogen-bond acceptors (Lipinski definition) is 3. The van der Waals surface area contributed by atoms with Crippen molar-refractivity contribution in [2.45, 2.75) is 13.5 Å². The smallest absolute Gasteiger partial charge is 0.346 e. The zero-order valence-electron chi connectivity index (χ0n) is 12.4. The molecule has 0 bridgehead atoms. The van der Waals surface area contributed by atoms with E-state index in [9.17, 15) is 4.79 Å². The van der Waals surface area contributed by atoms with Gasteiger partial charge in [-0.2, -0.15) is 5.26 Å². The van der Waals surface area contributed by atoms with E-state index in [1.54, 1.807) is 24.3 Å². The molecule has 0 heterocycles. The van der Waals surface area contributed by atoms with Crippen LogP contribution in [0.2, 0.25) is 5.02 Å². The third-order valence-corrected chi connectivity index (χ3v) is 3.50. The minimum atomic E-state index is -1.29. The van der Waals surface area contributed by atoms with Crippen molar-refractivity contribution in [3.05, 3.63) is 69.8 Å². The van der Waals surface area contributed by atoms with Gasteiger partial charge in [0.1, 0.15) is 24.0 Å². The van der Waals surface area contributed by atoms with Crippen molar-refractivity contribution in [2.75, 3.05) is 0 Å². The molecule has 0 spiro atoms. The summed E-state index contributed by atoms with van der Waals surface area (Å²) in [7, 11) is 0. The number of carboxylic acid groups (broad SMARTS) is 1. The highest BCUT2D eigenvalue weighted by Crippen LogP contribution is 2.26. The number of aryl methyl sites for hydroxylation is 1. The average molecular weight is 328 g/mol. The molecule has 0 radical (unpaired) electrons. The predicted molar refractivity (Wildman–Crippen MR) is 88.2 cm³/mol. The van der Waals surface area contributed by atoms with E-state index in [0.29, 0.717) is 22.9 Å². The first-order valence-corrected chi connectivity index (χ1v) is 7.21. The van der Waals surface area contributed by atoms with Gasteiger partial charge in [-0.15, -0.1) is 0 Å². The molecule has 0 amide bonds. The van der Waals surface area contributed by atoms with Gasteiger partial charge >= 0.3 is 5.97 Å². The Hall–Kier alpha value is -2.77. The highest BCUT2D eigenvalue weighted by atomic mass is 35.5. The van der Waals surface area contributed by atoms with E-state index in [1.807, 2.05) is 31.2 Å². The van der Waals surface area contributed by atoms with Gasteiger partial charge in [0.15, 0.2) is 0 Å². The van der Waals surface area contributed by atoms with Gasteiger partial charge in [0.2, 0.25) is 0 Å². The Morgan fingerprint density at radius 1 is 1.35 bits per heavy atom. The van der Waals surface area contributed by atoms with Crippen LogP contribution in [0.1, 0.15) is 16.7 Å². The molecule has 0 saturated heterocycles. The standard InChI is InChI=1S/C18H14ClNO3/c1-12-4-2-3-5-13(12)11-23-17-7-6-16(19)9-14(17)8-15(10-20)18(21)22/h2-9H,11H2,1H3,(H,21,22). The molecule has 5 heteroatoms. The fourth-order valence-corrected chi connectivity index (χ4v) is 2.17. The van der Waals surface area contributed by atoms with Gasteiger partial charge in [0.05, 0.1) is 0 Å². The Labute approximate surface area is 139 Å². The molecule has 2 rings (SSSR count). The molecule has 0 unspecified atom stereocenters. The summed E-state index contributed by atoms with van der Waals surface area (Å²) in [6, 6.07) is 14.3. The molecule has 116 valence electrons. The first-order chi connectivity index (χ1) is 11.0. The predicted octanol–water partition coefficient (Wildman–Crippen LogP) is 4.22. The van der Waals surface area contributed by atoms with Crippen LogP contribution in [0.5, 0.6) is 5.75 Å². The SMILES string of the molecule is Cc1ccccc1COc1ccc(Cl)cc1C=C(C#N)C(=O)O. The van der Waals surface area contributed by atoms with Gasteiger partial charge in [0, 0.05) is 10.6 Å². The van der Waals surface area contributed by atoms with Gasteiger partial charge < -0.3 is 9.84 Å². The number of carboxylic acids is 1. The second kappa shape index (κ2) is 7.48. The summed E-state index contributed by atoms with van der Waals surface area (Å²) in [6.07, 6.45) is 1.25. The quantitative estimate of drug-likeness (QED) is 0.659. The molecule has 2 aromatic carbocycles. The Kier molecular flexibility index (Phi) is 5.40. The fourth-order valence-electron chi connectivity index (χ4n) is 1.99. The van der Waals surface area contributed by atoms with Gasteiger partial charge in [-0.05, 0) is 42.3 Å². The maximum absolute atomic E-state index is 11.0. The van der Waals surface area contributed by atoms with Crippen molar-refractivity contribution in [1.82, 2.24) is 0 Å². The molecule has 0 saturated carbocycles. The van der Waals surface area contributed by atoms with Gasteiger partial charge in [-0.1, -0.05) is 35.9 Å². The Balaban J connectivity index is 2.31. The van der Waals surface area contributed by atoms with Crippen LogP contribution in [0.4, 0.5) is 0 Å². The largest absolute Gasteiger partial charge is 0.488 e. The average Bonchev–Trinajstić information content (AvgIpc) is 2.52. The van der Waals surface area contributed by atoms with E-state index in [2.05, 4.69) is 0 Å². The van der Waals surface area contributed by atoms with Crippen LogP contribution in [0.3, 0.4) is 0 Å². The highest BCUT2D eigenvalue weighted by molar-refractivity contribution is 6.30. The van der Waals surface area contributed by atoms with E-state index < -0.39 is 5.97 Å². The summed E-state index contributed by atoms with van der Waals surface area (Å²) in [4.78, 5) is 11.0. The number of rotatable bonds is 5. The molecule has 4 nitrogen and oxygen atoms in total. The molecule has 0 atom stereocenters. The summed E-state index contributed by atoms with van der Waals surface area (Å²) in [6.45, 7) is 2.32. The summed E-state index contributed by atoms with van der Waals surface area (Å²) in [5, 5.41) is 18.3. The highest BCUT2D eigenvalue weighted by Gasteiger charge is 2.10. The summed E-state index contributed by atoms with van der Waals surface area (Å²) >= 11 is 5.95. The lowest BCUT2D eigenvalue weighted by Crippen LogP contribution is -2.01. The van der Waals surface area contributed by atoms with Crippen LogP contribution in [-0.4, -0.2) is 11.1 Å². The van der Waals surface area contributed by atoms with Crippen LogP contribution in [0, 0.1) is 18.3 Å². The number of nitriles is 1. The van der Waals surface area contributed by atoms with Crippen LogP contribution in [-0.2, 0) is 11.4 Å². The Morgan fingerprint density at radius 3 is 2.74 bits per heavy atom. The first kappa shape index (κ1) is 16.6. The number of hydrogen-bond donors (Lipinski definition) is 1. The Bertz CT molecular complexity index is 806. The molecule has 0 aliphatic rings. The normalized spacial score (nSPS) is 10.9. The molecule has 0 fully saturated rings. The number of aliphatic carboxylic acids is 1. The van der Waals surface area contributed by atoms with Gasteiger partial charge in [0.25, 0.3) is 0 Å². The van der Waals surface area contributed by atoms with Crippen molar-refractivity contribution < 1.29 is 14.6 Å². The second-order valence-electron chi connectivity index (χ2n) is 4.87. The number of carbonyl (C=O) groups is 1. The lowest BCUT2D eigenvalue weighted by Gasteiger charge is -2.11. The van der Waals surface area contributed by atoms with E-state index in [0.717, 1.165) is 11.1 Å². The maximum atomic E-state index is 11.0. The zero-order chi connectivity index (χ0) is 16.8. The van der Waals surface area contributed by atoms with Crippen molar-refractivity contribution >= 4 is 23.6 Å². The Morgan fingerprint density at radius 2 is 2.09 bits per heavy atom. The molecular weight excluding hydrogens is 314 g/mol. The van der Waals surface area contributed by atoms with Crippen LogP contribution >= 0.6 is 11.6 Å². The molecule has 23 heavy (non-hydrogen) atoms. The van der Waals surface area contributed by atoms with Crippen LogP contribution in [0.15, 0.2) is 48.0 Å². The number of nitrogens with zero attached hydrogens (tertiary/aromatic N) is 1. The van der Waals surface area contributed by atoms with Crippen LogP contribution in [0.25, 0.3) is 6.08 Å². The van der Waals surface area contributed by atoms with Crippen molar-refractivity contribution in [3.63, 3.8) is 0 Å². The molecule has 0 aromatic heterocycles. The molecular formula is C18H14ClNO3. The lowest BCUT2D eigenvalue weighted by molar-refractivity contribution is -0.132. The van der Waals surface area contributed by atoms with E-state index >= 15 is 0 Å². The molecule has 1 N–H and O–H groups in total. The maximum Gasteiger partial charge on any atom is 0.346 e. The lowest BCUT2D eigenvalue weighted by atomic mass is 10.1. The summed E-state index contributed by atoms with van der Waals surface area (Å²) in [5.74, 6) is -0.830. The van der Waals surface area contributed by atoms with E-state index in [1.165, 1.54) is 6.08 Å². The van der Waals surface area contributed by atoms with Crippen LogP contribution < -0.4 is 4.74 Å². The number of halogens is 1. The van der Waals surface area contributed by atoms with Gasteiger partial charge in [-0.25, -0.2) is 4.79 Å². The summed E-state index contributed by atoms with van der Waals surface area (Å²) in [5.41, 5.74) is 2.19.